The summed E-state index contributed by atoms with van der Waals surface area (Å²) in [5.74, 6) is 0.844. The fourth-order valence-electron chi connectivity index (χ4n) is 3.96. The van der Waals surface area contributed by atoms with Gasteiger partial charge in [-0.15, -0.1) is 0 Å². The molecule has 0 radical (unpaired) electrons. The van der Waals surface area contributed by atoms with E-state index in [1.54, 1.807) is 0 Å². The van der Waals surface area contributed by atoms with Crippen molar-refractivity contribution in [2.75, 3.05) is 19.5 Å². The molecule has 0 spiro atoms. The Morgan fingerprint density at radius 3 is 2.58 bits per heavy atom. The van der Waals surface area contributed by atoms with E-state index in [9.17, 15) is 8.42 Å². The summed E-state index contributed by atoms with van der Waals surface area (Å²) in [6.07, 6.45) is 6.89. The van der Waals surface area contributed by atoms with Crippen LogP contribution in [0.25, 0.3) is 11.4 Å². The van der Waals surface area contributed by atoms with Crippen LogP contribution >= 0.6 is 0 Å². The number of benzene rings is 1. The minimum absolute atomic E-state index is 0.168. The molecular weight excluding hydrogens is 414 g/mol. The molecule has 166 valence electrons. The second-order valence-electron chi connectivity index (χ2n) is 8.19. The van der Waals surface area contributed by atoms with Gasteiger partial charge in [0.05, 0.1) is 17.3 Å². The molecule has 9 heteroatoms. The average Bonchev–Trinajstić information content (AvgIpc) is 3.31. The Hall–Kier alpha value is -2.52. The number of sulfone groups is 1. The molecule has 0 aliphatic carbocycles. The monoisotopic (exact) mass is 443 g/mol. The lowest BCUT2D eigenvalue weighted by molar-refractivity contribution is 0.0662. The second kappa shape index (κ2) is 9.32. The van der Waals surface area contributed by atoms with E-state index in [1.807, 2.05) is 40.7 Å². The molecule has 8 nitrogen and oxygen atoms in total. The normalized spacial score (nSPS) is 15.4. The van der Waals surface area contributed by atoms with Crippen LogP contribution in [0.4, 0.5) is 0 Å². The fourth-order valence-corrected chi connectivity index (χ4v) is 4.55. The van der Waals surface area contributed by atoms with Crippen LogP contribution in [0.1, 0.15) is 42.4 Å². The lowest BCUT2D eigenvalue weighted by Crippen LogP contribution is -2.19. The van der Waals surface area contributed by atoms with Gasteiger partial charge in [0, 0.05) is 32.2 Å². The zero-order chi connectivity index (χ0) is 21.8. The topological polar surface area (TPSA) is 91.9 Å². The summed E-state index contributed by atoms with van der Waals surface area (Å²) in [5, 5.41) is 9.26. The van der Waals surface area contributed by atoms with Gasteiger partial charge in [-0.2, -0.15) is 10.2 Å². The molecule has 1 aromatic carbocycles. The Balaban J connectivity index is 1.59. The molecule has 0 amide bonds. The average molecular weight is 444 g/mol. The van der Waals surface area contributed by atoms with Crippen LogP contribution in [0.5, 0.6) is 0 Å². The van der Waals surface area contributed by atoms with Crippen molar-refractivity contribution in [1.82, 2.24) is 24.5 Å². The molecule has 31 heavy (non-hydrogen) atoms. The van der Waals surface area contributed by atoms with Crippen LogP contribution in [0.3, 0.4) is 0 Å². The summed E-state index contributed by atoms with van der Waals surface area (Å²) in [6, 6.07) is 10.6. The van der Waals surface area contributed by atoms with Crippen molar-refractivity contribution >= 4 is 9.84 Å². The van der Waals surface area contributed by atoms with Gasteiger partial charge in [0.1, 0.15) is 5.75 Å². The van der Waals surface area contributed by atoms with Crippen LogP contribution in [-0.4, -0.2) is 52.4 Å². The zero-order valence-corrected chi connectivity index (χ0v) is 18.9. The molecule has 1 fully saturated rings. The van der Waals surface area contributed by atoms with Gasteiger partial charge >= 0.3 is 0 Å². The molecule has 1 saturated heterocycles. The van der Waals surface area contributed by atoms with Crippen molar-refractivity contribution in [2.45, 2.75) is 50.9 Å². The first-order valence-electron chi connectivity index (χ1n) is 10.7. The maximum absolute atomic E-state index is 11.8. The molecule has 1 aliphatic heterocycles. The molecule has 3 aromatic rings. The van der Waals surface area contributed by atoms with Gasteiger partial charge in [-0.05, 0) is 38.2 Å². The van der Waals surface area contributed by atoms with Crippen molar-refractivity contribution in [3.8, 4) is 11.4 Å². The van der Waals surface area contributed by atoms with Crippen LogP contribution < -0.4 is 0 Å². The maximum atomic E-state index is 11.8. The van der Waals surface area contributed by atoms with Crippen LogP contribution in [0, 0.1) is 6.92 Å². The molecule has 2 aromatic heterocycles. The molecule has 0 unspecified atom stereocenters. The Kier molecular flexibility index (Phi) is 6.52. The third-order valence-electron chi connectivity index (χ3n) is 5.51. The van der Waals surface area contributed by atoms with Crippen molar-refractivity contribution in [3.63, 3.8) is 0 Å². The van der Waals surface area contributed by atoms with E-state index in [2.05, 4.69) is 22.2 Å². The maximum Gasteiger partial charge on any atom is 0.166 e. The first-order valence-corrected chi connectivity index (χ1v) is 12.7. The van der Waals surface area contributed by atoms with Gasteiger partial charge in [0.15, 0.2) is 21.5 Å². The molecule has 0 atom stereocenters. The van der Waals surface area contributed by atoms with Crippen molar-refractivity contribution < 1.29 is 13.2 Å². The molecular formula is C22H29N5O3S. The van der Waals surface area contributed by atoms with Gasteiger partial charge in [-0.3, -0.25) is 4.68 Å². The van der Waals surface area contributed by atoms with Gasteiger partial charge < -0.3 is 4.74 Å². The van der Waals surface area contributed by atoms with Gasteiger partial charge in [-0.25, -0.2) is 18.1 Å². The minimum atomic E-state index is -3.22. The third kappa shape index (κ3) is 5.59. The minimum Gasteiger partial charge on any atom is -0.381 e. The molecule has 0 saturated carbocycles. The summed E-state index contributed by atoms with van der Waals surface area (Å²) in [4.78, 5) is 4.61. The molecule has 0 bridgehead atoms. The zero-order valence-electron chi connectivity index (χ0n) is 18.1. The Bertz CT molecular complexity index is 1120. The van der Waals surface area contributed by atoms with E-state index in [-0.39, 0.29) is 5.75 Å². The van der Waals surface area contributed by atoms with E-state index < -0.39 is 9.84 Å². The van der Waals surface area contributed by atoms with Crippen molar-refractivity contribution in [2.24, 2.45) is 0 Å². The highest BCUT2D eigenvalue weighted by atomic mass is 32.2. The first-order chi connectivity index (χ1) is 14.9. The predicted octanol–water partition coefficient (Wildman–Crippen LogP) is 2.98. The lowest BCUT2D eigenvalue weighted by Gasteiger charge is -2.22. The summed E-state index contributed by atoms with van der Waals surface area (Å²) in [6.45, 7) is 4.10. The highest BCUT2D eigenvalue weighted by molar-refractivity contribution is 7.89. The number of hydrogen-bond donors (Lipinski definition) is 0. The number of aromatic nitrogens is 5. The largest absolute Gasteiger partial charge is 0.381 e. The van der Waals surface area contributed by atoms with E-state index in [0.29, 0.717) is 24.2 Å². The van der Waals surface area contributed by atoms with E-state index in [0.717, 1.165) is 50.2 Å². The first kappa shape index (κ1) is 21.7. The predicted molar refractivity (Wildman–Crippen MR) is 118 cm³/mol. The smallest absolute Gasteiger partial charge is 0.166 e. The number of aryl methyl sites for hydroxylation is 3. The molecule has 0 N–H and O–H groups in total. The third-order valence-corrected chi connectivity index (χ3v) is 6.29. The standard InChI is InChI=1S/C22H29N5O3S/c1-17-20(15-27(24-17)19-10-13-30-14-11-19)22-23-21(16-31(2,28)29)25-26(22)12-6-9-18-7-4-3-5-8-18/h3-5,7-8,15,19H,6,9-14,16H2,1-2H3. The van der Waals surface area contributed by atoms with Crippen LogP contribution in [-0.2, 0) is 33.3 Å². The molecule has 1 aliphatic rings. The quantitative estimate of drug-likeness (QED) is 0.531. The number of ether oxygens (including phenoxy) is 1. The van der Waals surface area contributed by atoms with E-state index >= 15 is 0 Å². The fraction of sp³-hybridized carbons (Fsp3) is 0.500. The molecule has 4 rings (SSSR count). The van der Waals surface area contributed by atoms with Crippen molar-refractivity contribution in [1.29, 1.82) is 0 Å². The van der Waals surface area contributed by atoms with Crippen LogP contribution in [0.2, 0.25) is 0 Å². The van der Waals surface area contributed by atoms with Crippen molar-refractivity contribution in [3.05, 3.63) is 53.6 Å². The Morgan fingerprint density at radius 1 is 1.13 bits per heavy atom. The van der Waals surface area contributed by atoms with Gasteiger partial charge in [-0.1, -0.05) is 30.3 Å². The number of rotatable bonds is 8. The Labute approximate surface area is 183 Å². The van der Waals surface area contributed by atoms with Gasteiger partial charge in [0.25, 0.3) is 0 Å². The summed E-state index contributed by atoms with van der Waals surface area (Å²) in [5.41, 5.74) is 3.04. The number of hydrogen-bond acceptors (Lipinski definition) is 6. The Morgan fingerprint density at radius 2 is 1.87 bits per heavy atom. The van der Waals surface area contributed by atoms with Crippen LogP contribution in [0.15, 0.2) is 36.5 Å². The molecule has 3 heterocycles. The number of nitrogens with zero attached hydrogens (tertiary/aromatic N) is 5. The SMILES string of the molecule is Cc1nn(C2CCOCC2)cc1-c1nc(CS(C)(=O)=O)nn1CCCc1ccccc1. The second-order valence-corrected chi connectivity index (χ2v) is 10.3. The van der Waals surface area contributed by atoms with E-state index in [4.69, 9.17) is 9.84 Å². The lowest BCUT2D eigenvalue weighted by atomic mass is 10.1. The van der Waals surface area contributed by atoms with E-state index in [1.165, 1.54) is 11.8 Å². The highest BCUT2D eigenvalue weighted by Gasteiger charge is 2.22. The van der Waals surface area contributed by atoms with Gasteiger partial charge in [0.2, 0.25) is 0 Å². The summed E-state index contributed by atoms with van der Waals surface area (Å²) < 4.78 is 32.9. The summed E-state index contributed by atoms with van der Waals surface area (Å²) >= 11 is 0. The highest BCUT2D eigenvalue weighted by Crippen LogP contribution is 2.27. The summed E-state index contributed by atoms with van der Waals surface area (Å²) in [7, 11) is -3.22.